The lowest BCUT2D eigenvalue weighted by atomic mass is 9.88. The fourth-order valence-corrected chi connectivity index (χ4v) is 6.09. The smallest absolute Gasteiger partial charge is 0.242 e. The quantitative estimate of drug-likeness (QED) is 0.649. The molecule has 1 aromatic carbocycles. The molecule has 33 heavy (non-hydrogen) atoms. The van der Waals surface area contributed by atoms with Crippen LogP contribution in [0.4, 0.5) is 5.69 Å². The fraction of sp³-hybridized carbons (Fsp3) is 0.520. The number of aromatic nitrogens is 1. The van der Waals surface area contributed by atoms with E-state index in [1.165, 1.54) is 19.0 Å². The largest absolute Gasteiger partial charge is 0.490 e. The van der Waals surface area contributed by atoms with Gasteiger partial charge >= 0.3 is 0 Å². The topological polar surface area (TPSA) is 95.3 Å². The number of fused-ring (bicyclic) bond motifs is 1. The Morgan fingerprint density at radius 1 is 1.15 bits per heavy atom. The predicted octanol–water partition coefficient (Wildman–Crippen LogP) is 4.42. The van der Waals surface area contributed by atoms with Gasteiger partial charge < -0.3 is 9.64 Å². The van der Waals surface area contributed by atoms with E-state index in [-0.39, 0.29) is 22.9 Å². The van der Waals surface area contributed by atoms with Crippen molar-refractivity contribution in [2.45, 2.75) is 87.4 Å². The molecule has 2 aromatic rings. The molecule has 2 fully saturated rings. The number of anilines is 1. The maximum absolute atomic E-state index is 12.5. The third-order valence-corrected chi connectivity index (χ3v) is 8.60. The molecule has 0 bridgehead atoms. The SMILES string of the molecule is CC(C)NS(=O)(=O)c1ccc(C2C(C#N)c3ccc(OC4CCC4)cc3N2C2CCC2)nc1. The number of benzene rings is 1. The van der Waals surface area contributed by atoms with Crippen LogP contribution >= 0.6 is 0 Å². The molecule has 0 radical (unpaired) electrons. The second-order valence-corrected chi connectivity index (χ2v) is 11.3. The monoisotopic (exact) mass is 466 g/mol. The van der Waals surface area contributed by atoms with Gasteiger partial charge in [-0.3, -0.25) is 4.98 Å². The Labute approximate surface area is 195 Å². The fourth-order valence-electron chi connectivity index (χ4n) is 4.89. The van der Waals surface area contributed by atoms with Crippen molar-refractivity contribution in [3.8, 4) is 11.8 Å². The molecule has 1 aromatic heterocycles. The van der Waals surface area contributed by atoms with E-state index in [1.54, 1.807) is 26.0 Å². The van der Waals surface area contributed by atoms with Crippen LogP contribution in [0.25, 0.3) is 0 Å². The second kappa shape index (κ2) is 8.62. The molecule has 5 rings (SSSR count). The van der Waals surface area contributed by atoms with E-state index in [0.29, 0.717) is 12.1 Å². The van der Waals surface area contributed by atoms with Crippen molar-refractivity contribution in [1.29, 1.82) is 5.26 Å². The van der Waals surface area contributed by atoms with Crippen molar-refractivity contribution >= 4 is 15.7 Å². The Kier molecular flexibility index (Phi) is 5.79. The Bertz CT molecular complexity index is 1170. The molecule has 0 amide bonds. The van der Waals surface area contributed by atoms with E-state index < -0.39 is 10.0 Å². The Balaban J connectivity index is 1.49. The first-order valence-electron chi connectivity index (χ1n) is 11.8. The normalized spacial score (nSPS) is 23.0. The molecule has 7 nitrogen and oxygen atoms in total. The number of nitrogens with one attached hydrogen (secondary N) is 1. The summed E-state index contributed by atoms with van der Waals surface area (Å²) < 4.78 is 33.8. The van der Waals surface area contributed by atoms with Crippen LogP contribution in [0.1, 0.15) is 75.6 Å². The number of sulfonamides is 1. The van der Waals surface area contributed by atoms with Gasteiger partial charge in [-0.05, 0) is 76.1 Å². The number of nitrogens with zero attached hydrogens (tertiary/aromatic N) is 3. The van der Waals surface area contributed by atoms with Crippen molar-refractivity contribution in [2.75, 3.05) is 4.90 Å². The molecule has 2 atom stereocenters. The third kappa shape index (κ3) is 4.09. The molecule has 0 saturated heterocycles. The summed E-state index contributed by atoms with van der Waals surface area (Å²) in [4.78, 5) is 7.03. The van der Waals surface area contributed by atoms with Gasteiger partial charge in [0.25, 0.3) is 0 Å². The highest BCUT2D eigenvalue weighted by Crippen LogP contribution is 2.52. The van der Waals surface area contributed by atoms with Crippen molar-refractivity contribution in [2.24, 2.45) is 0 Å². The molecule has 2 aliphatic carbocycles. The van der Waals surface area contributed by atoms with Gasteiger partial charge in [-0.15, -0.1) is 0 Å². The van der Waals surface area contributed by atoms with E-state index in [0.717, 1.165) is 48.4 Å². The van der Waals surface area contributed by atoms with Gasteiger partial charge in [0, 0.05) is 30.0 Å². The summed E-state index contributed by atoms with van der Waals surface area (Å²) in [7, 11) is -3.62. The van der Waals surface area contributed by atoms with Crippen molar-refractivity contribution in [3.05, 3.63) is 47.8 Å². The van der Waals surface area contributed by atoms with Crippen molar-refractivity contribution in [1.82, 2.24) is 9.71 Å². The maximum atomic E-state index is 12.5. The molecule has 8 heteroatoms. The number of hydrogen-bond donors (Lipinski definition) is 1. The van der Waals surface area contributed by atoms with Crippen LogP contribution < -0.4 is 14.4 Å². The summed E-state index contributed by atoms with van der Waals surface area (Å²) >= 11 is 0. The summed E-state index contributed by atoms with van der Waals surface area (Å²) in [6.45, 7) is 3.57. The Hall–Kier alpha value is -2.63. The minimum Gasteiger partial charge on any atom is -0.490 e. The highest BCUT2D eigenvalue weighted by atomic mass is 32.2. The highest BCUT2D eigenvalue weighted by Gasteiger charge is 2.45. The zero-order valence-electron chi connectivity index (χ0n) is 19.1. The van der Waals surface area contributed by atoms with E-state index >= 15 is 0 Å². The van der Waals surface area contributed by atoms with Crippen LogP contribution in [0.2, 0.25) is 0 Å². The predicted molar refractivity (Wildman–Crippen MR) is 126 cm³/mol. The Morgan fingerprint density at radius 3 is 2.45 bits per heavy atom. The van der Waals surface area contributed by atoms with Gasteiger partial charge in [-0.25, -0.2) is 13.1 Å². The van der Waals surface area contributed by atoms with E-state index in [2.05, 4.69) is 26.7 Å². The molecule has 1 aliphatic heterocycles. The lowest BCUT2D eigenvalue weighted by Crippen LogP contribution is -2.41. The lowest BCUT2D eigenvalue weighted by Gasteiger charge is -2.41. The molecule has 2 unspecified atom stereocenters. The van der Waals surface area contributed by atoms with Crippen molar-refractivity contribution in [3.63, 3.8) is 0 Å². The van der Waals surface area contributed by atoms with Crippen LogP contribution in [0.3, 0.4) is 0 Å². The second-order valence-electron chi connectivity index (χ2n) is 9.63. The number of hydrogen-bond acceptors (Lipinski definition) is 6. The molecule has 174 valence electrons. The molecule has 1 N–H and O–H groups in total. The van der Waals surface area contributed by atoms with Gasteiger partial charge in [0.05, 0.1) is 29.8 Å². The zero-order valence-corrected chi connectivity index (χ0v) is 19.9. The molecular weight excluding hydrogens is 436 g/mol. The summed E-state index contributed by atoms with van der Waals surface area (Å²) in [5.74, 6) is 0.483. The van der Waals surface area contributed by atoms with Crippen LogP contribution in [-0.4, -0.2) is 31.6 Å². The number of pyridine rings is 1. The minimum atomic E-state index is -3.62. The highest BCUT2D eigenvalue weighted by molar-refractivity contribution is 7.89. The lowest BCUT2D eigenvalue weighted by molar-refractivity contribution is 0.120. The summed E-state index contributed by atoms with van der Waals surface area (Å²) in [6.07, 6.45) is 8.42. The summed E-state index contributed by atoms with van der Waals surface area (Å²) in [6, 6.07) is 11.8. The minimum absolute atomic E-state index is 0.135. The third-order valence-electron chi connectivity index (χ3n) is 6.96. The van der Waals surface area contributed by atoms with E-state index in [4.69, 9.17) is 4.74 Å². The zero-order chi connectivity index (χ0) is 23.2. The van der Waals surface area contributed by atoms with Crippen LogP contribution in [0.15, 0.2) is 41.4 Å². The van der Waals surface area contributed by atoms with Gasteiger partial charge in [0.2, 0.25) is 10.0 Å². The average molecular weight is 467 g/mol. The number of rotatable bonds is 7. The molecular formula is C25H30N4O3S. The molecule has 2 heterocycles. The first-order chi connectivity index (χ1) is 15.9. The standard InChI is InChI=1S/C25H30N4O3S/c1-16(2)28-33(30,31)20-10-12-23(27-15-20)25-22(14-26)21-11-9-19(32-18-7-4-8-18)13-24(21)29(25)17-5-3-6-17/h9-13,15-18,22,25,28H,3-8H2,1-2H3. The van der Waals surface area contributed by atoms with Crippen LogP contribution in [0.5, 0.6) is 5.75 Å². The molecule has 0 spiro atoms. The van der Waals surface area contributed by atoms with Gasteiger partial charge in [-0.2, -0.15) is 5.26 Å². The maximum Gasteiger partial charge on any atom is 0.242 e. The van der Waals surface area contributed by atoms with Crippen LogP contribution in [-0.2, 0) is 10.0 Å². The first-order valence-corrected chi connectivity index (χ1v) is 13.3. The van der Waals surface area contributed by atoms with Crippen molar-refractivity contribution < 1.29 is 13.2 Å². The first kappa shape index (κ1) is 22.2. The Morgan fingerprint density at radius 2 is 1.91 bits per heavy atom. The van der Waals surface area contributed by atoms with Crippen LogP contribution in [0, 0.1) is 11.3 Å². The number of ether oxygens (including phenoxy) is 1. The molecule has 3 aliphatic rings. The van der Waals surface area contributed by atoms with E-state index in [9.17, 15) is 13.7 Å². The summed E-state index contributed by atoms with van der Waals surface area (Å²) in [5, 5.41) is 10.1. The molecule has 2 saturated carbocycles. The van der Waals surface area contributed by atoms with Gasteiger partial charge in [0.15, 0.2) is 0 Å². The number of nitriles is 1. The van der Waals surface area contributed by atoms with Gasteiger partial charge in [0.1, 0.15) is 10.6 Å². The van der Waals surface area contributed by atoms with E-state index in [1.807, 2.05) is 12.1 Å². The van der Waals surface area contributed by atoms with Gasteiger partial charge in [-0.1, -0.05) is 6.07 Å². The average Bonchev–Trinajstić information content (AvgIpc) is 3.02. The summed E-state index contributed by atoms with van der Waals surface area (Å²) in [5.41, 5.74) is 2.76.